The number of amides is 2. The van der Waals surface area contributed by atoms with E-state index < -0.39 is 5.97 Å². The molecule has 1 aromatic heterocycles. The zero-order chi connectivity index (χ0) is 25.7. The molecule has 0 saturated carbocycles. The minimum atomic E-state index is -0.440. The fourth-order valence-electron chi connectivity index (χ4n) is 4.37. The number of likely N-dealkylation sites (tertiary alicyclic amines) is 1. The molecule has 2 aromatic rings. The second kappa shape index (κ2) is 11.4. The number of carbonyl (C=O) groups excluding carboxylic acids is 3. The van der Waals surface area contributed by atoms with Crippen molar-refractivity contribution in [2.45, 2.75) is 73.1 Å². The van der Waals surface area contributed by atoms with Crippen LogP contribution in [0.25, 0.3) is 0 Å². The van der Waals surface area contributed by atoms with Crippen LogP contribution in [0.2, 0.25) is 0 Å². The van der Waals surface area contributed by atoms with E-state index >= 15 is 0 Å². The van der Waals surface area contributed by atoms with Crippen LogP contribution in [0.4, 0.5) is 0 Å². The van der Waals surface area contributed by atoms with Crippen molar-refractivity contribution in [1.29, 1.82) is 0 Å². The number of aromatic amines is 1. The second-order valence-electron chi connectivity index (χ2n) is 9.70. The SMILES string of the molecule is Cc1[nH]c(C(=O)N2CCC[C@@H](C(=O)NCc3ccc(OC(C)C)cc3)C2)c(C)c1C(=O)OC(C)C. The Morgan fingerprint density at radius 3 is 2.40 bits per heavy atom. The largest absolute Gasteiger partial charge is 0.491 e. The monoisotopic (exact) mass is 483 g/mol. The fraction of sp³-hybridized carbons (Fsp3) is 0.519. The molecule has 1 aliphatic rings. The average Bonchev–Trinajstić information content (AvgIpc) is 3.11. The zero-order valence-electron chi connectivity index (χ0n) is 21.6. The van der Waals surface area contributed by atoms with E-state index in [0.29, 0.717) is 42.1 Å². The standard InChI is InChI=1S/C27H37N3O5/c1-16(2)34-22-11-9-20(10-12-22)14-28-25(31)21-8-7-13-30(15-21)26(32)24-18(5)23(19(6)29-24)27(33)35-17(3)4/h9-12,16-17,21,29H,7-8,13-15H2,1-6H3,(H,28,31)/t21-/m1/s1. The van der Waals surface area contributed by atoms with E-state index in [1.54, 1.807) is 32.6 Å². The van der Waals surface area contributed by atoms with Crippen LogP contribution in [-0.4, -0.2) is 53.0 Å². The number of piperidine rings is 1. The van der Waals surface area contributed by atoms with Gasteiger partial charge in [-0.25, -0.2) is 4.79 Å². The van der Waals surface area contributed by atoms with Gasteiger partial charge < -0.3 is 24.7 Å². The second-order valence-corrected chi connectivity index (χ2v) is 9.70. The quantitative estimate of drug-likeness (QED) is 0.550. The van der Waals surface area contributed by atoms with Crippen molar-refractivity contribution in [2.24, 2.45) is 5.92 Å². The molecule has 2 amide bonds. The minimum absolute atomic E-state index is 0.0643. The lowest BCUT2D eigenvalue weighted by atomic mass is 9.96. The van der Waals surface area contributed by atoms with Crippen molar-refractivity contribution in [2.75, 3.05) is 13.1 Å². The highest BCUT2D eigenvalue weighted by Gasteiger charge is 2.32. The molecule has 2 heterocycles. The van der Waals surface area contributed by atoms with Crippen LogP contribution >= 0.6 is 0 Å². The Labute approximate surface area is 207 Å². The molecule has 0 bridgehead atoms. The Morgan fingerprint density at radius 2 is 1.77 bits per heavy atom. The molecule has 0 radical (unpaired) electrons. The van der Waals surface area contributed by atoms with Gasteiger partial charge in [-0.15, -0.1) is 0 Å². The van der Waals surface area contributed by atoms with Crippen molar-refractivity contribution in [1.82, 2.24) is 15.2 Å². The summed E-state index contributed by atoms with van der Waals surface area (Å²) in [6, 6.07) is 7.67. The molecule has 1 atom stereocenters. The maximum Gasteiger partial charge on any atom is 0.340 e. The molecule has 1 aromatic carbocycles. The predicted octanol–water partition coefficient (Wildman–Crippen LogP) is 4.15. The van der Waals surface area contributed by atoms with Crippen LogP contribution < -0.4 is 10.1 Å². The molecule has 2 N–H and O–H groups in total. The Kier molecular flexibility index (Phi) is 8.59. The van der Waals surface area contributed by atoms with Crippen molar-refractivity contribution in [3.8, 4) is 5.75 Å². The maximum absolute atomic E-state index is 13.3. The molecular weight excluding hydrogens is 446 g/mol. The van der Waals surface area contributed by atoms with Crippen LogP contribution in [0.15, 0.2) is 24.3 Å². The molecule has 3 rings (SSSR count). The normalized spacial score (nSPS) is 15.9. The molecule has 0 aliphatic carbocycles. The number of hydrogen-bond donors (Lipinski definition) is 2. The number of H-pyrrole nitrogens is 1. The highest BCUT2D eigenvalue weighted by molar-refractivity contribution is 6.00. The first-order valence-corrected chi connectivity index (χ1v) is 12.3. The van der Waals surface area contributed by atoms with Gasteiger partial charge in [-0.3, -0.25) is 9.59 Å². The van der Waals surface area contributed by atoms with Gasteiger partial charge in [0, 0.05) is 25.3 Å². The van der Waals surface area contributed by atoms with Crippen molar-refractivity contribution in [3.05, 3.63) is 52.3 Å². The summed E-state index contributed by atoms with van der Waals surface area (Å²) >= 11 is 0. The Bertz CT molecular complexity index is 1060. The molecule has 1 aliphatic heterocycles. The van der Waals surface area contributed by atoms with Crippen molar-refractivity contribution in [3.63, 3.8) is 0 Å². The molecule has 1 saturated heterocycles. The van der Waals surface area contributed by atoms with E-state index in [1.807, 2.05) is 38.1 Å². The lowest BCUT2D eigenvalue weighted by Gasteiger charge is -2.32. The molecule has 0 unspecified atom stereocenters. The first-order valence-electron chi connectivity index (χ1n) is 12.3. The van der Waals surface area contributed by atoms with E-state index in [0.717, 1.165) is 24.2 Å². The number of esters is 1. The number of aromatic nitrogens is 1. The molecule has 8 nitrogen and oxygen atoms in total. The number of aryl methyl sites for hydroxylation is 1. The number of carbonyl (C=O) groups is 3. The van der Waals surface area contributed by atoms with Gasteiger partial charge in [0.2, 0.25) is 5.91 Å². The summed E-state index contributed by atoms with van der Waals surface area (Å²) in [5.74, 6) is -0.187. The topological polar surface area (TPSA) is 101 Å². The molecule has 190 valence electrons. The van der Waals surface area contributed by atoms with Gasteiger partial charge in [-0.2, -0.15) is 0 Å². The van der Waals surface area contributed by atoms with Crippen molar-refractivity contribution >= 4 is 17.8 Å². The number of benzene rings is 1. The summed E-state index contributed by atoms with van der Waals surface area (Å²) in [5.41, 5.74) is 2.94. The number of nitrogens with zero attached hydrogens (tertiary/aromatic N) is 1. The van der Waals surface area contributed by atoms with Gasteiger partial charge >= 0.3 is 5.97 Å². The number of hydrogen-bond acceptors (Lipinski definition) is 5. The van der Waals surface area contributed by atoms with E-state index in [-0.39, 0.29) is 29.9 Å². The van der Waals surface area contributed by atoms with Crippen LogP contribution in [0, 0.1) is 19.8 Å². The van der Waals surface area contributed by atoms with E-state index in [9.17, 15) is 14.4 Å². The highest BCUT2D eigenvalue weighted by atomic mass is 16.5. The third kappa shape index (κ3) is 6.65. The lowest BCUT2D eigenvalue weighted by molar-refractivity contribution is -0.126. The van der Waals surface area contributed by atoms with Crippen LogP contribution in [0.3, 0.4) is 0 Å². The van der Waals surface area contributed by atoms with Gasteiger partial charge in [0.25, 0.3) is 5.91 Å². The predicted molar refractivity (Wildman–Crippen MR) is 133 cm³/mol. The summed E-state index contributed by atoms with van der Waals surface area (Å²) in [6.45, 7) is 12.4. The Morgan fingerprint density at radius 1 is 1.09 bits per heavy atom. The zero-order valence-corrected chi connectivity index (χ0v) is 21.6. The fourth-order valence-corrected chi connectivity index (χ4v) is 4.37. The molecule has 8 heteroatoms. The molecule has 1 fully saturated rings. The minimum Gasteiger partial charge on any atom is -0.491 e. The maximum atomic E-state index is 13.3. The third-order valence-corrected chi connectivity index (χ3v) is 6.04. The smallest absolute Gasteiger partial charge is 0.340 e. The van der Waals surface area contributed by atoms with Gasteiger partial charge in [-0.1, -0.05) is 12.1 Å². The van der Waals surface area contributed by atoms with E-state index in [1.165, 1.54) is 0 Å². The van der Waals surface area contributed by atoms with E-state index in [4.69, 9.17) is 9.47 Å². The lowest BCUT2D eigenvalue weighted by Crippen LogP contribution is -2.45. The Balaban J connectivity index is 1.61. The Hall–Kier alpha value is -3.29. The van der Waals surface area contributed by atoms with Gasteiger partial charge in [0.1, 0.15) is 11.4 Å². The third-order valence-electron chi connectivity index (χ3n) is 6.04. The van der Waals surface area contributed by atoms with E-state index in [2.05, 4.69) is 10.3 Å². The summed E-state index contributed by atoms with van der Waals surface area (Å²) in [6.07, 6.45) is 1.33. The van der Waals surface area contributed by atoms with Crippen molar-refractivity contribution < 1.29 is 23.9 Å². The van der Waals surface area contributed by atoms with Gasteiger partial charge in [0.05, 0.1) is 23.7 Å². The van der Waals surface area contributed by atoms with Crippen LogP contribution in [-0.2, 0) is 16.1 Å². The highest BCUT2D eigenvalue weighted by Crippen LogP contribution is 2.24. The summed E-state index contributed by atoms with van der Waals surface area (Å²) in [4.78, 5) is 43.4. The van der Waals surface area contributed by atoms with Crippen LogP contribution in [0.1, 0.15) is 78.2 Å². The summed E-state index contributed by atoms with van der Waals surface area (Å²) in [7, 11) is 0. The number of rotatable bonds is 8. The first kappa shape index (κ1) is 26.3. The number of ether oxygens (including phenoxy) is 2. The molecular formula is C27H37N3O5. The summed E-state index contributed by atoms with van der Waals surface area (Å²) in [5, 5.41) is 3.00. The summed E-state index contributed by atoms with van der Waals surface area (Å²) < 4.78 is 11.0. The number of nitrogens with one attached hydrogen (secondary N) is 2. The first-order chi connectivity index (χ1) is 16.6. The molecule has 0 spiro atoms. The average molecular weight is 484 g/mol. The van der Waals surface area contributed by atoms with Crippen LogP contribution in [0.5, 0.6) is 5.75 Å². The van der Waals surface area contributed by atoms with Gasteiger partial charge in [-0.05, 0) is 77.6 Å². The van der Waals surface area contributed by atoms with Gasteiger partial charge in [0.15, 0.2) is 0 Å². The molecule has 35 heavy (non-hydrogen) atoms.